The van der Waals surface area contributed by atoms with Crippen molar-refractivity contribution in [2.45, 2.75) is 33.0 Å². The van der Waals surface area contributed by atoms with Crippen LogP contribution in [0, 0.1) is 6.92 Å². The van der Waals surface area contributed by atoms with Crippen LogP contribution < -0.4 is 9.47 Å². The molecule has 0 amide bonds. The van der Waals surface area contributed by atoms with Gasteiger partial charge in [0.25, 0.3) is 0 Å². The summed E-state index contributed by atoms with van der Waals surface area (Å²) in [4.78, 5) is 2.35. The molecule has 0 unspecified atom stereocenters. The summed E-state index contributed by atoms with van der Waals surface area (Å²) in [5, 5.41) is 18.2. The van der Waals surface area contributed by atoms with Crippen LogP contribution in [0.15, 0.2) is 42.5 Å². The van der Waals surface area contributed by atoms with Gasteiger partial charge in [0.1, 0.15) is 29.5 Å². The molecule has 0 bridgehead atoms. The fraction of sp³-hybridized carbons (Fsp3) is 0.400. The Morgan fingerprint density at radius 2 is 1.78 bits per heavy atom. The Morgan fingerprint density at radius 1 is 1.09 bits per heavy atom. The number of phenols is 1. The molecular weight excluding hydrogens is 406 g/mol. The lowest BCUT2D eigenvalue weighted by Gasteiger charge is -2.35. The standard InChI is InChI=1S/C25H31N3O4/c1-16-14-28(15-17(2)32-16)11-12-31-21-9-10-22(23(29)13-21)25-24(18(3)26-27-25)19-5-7-20(30-4)8-6-19/h5-10,13,16-17,29H,11-12,14-15H2,1-4H3,(H,26,27)/t16-,17-/m1/s1. The Balaban J connectivity index is 1.47. The van der Waals surface area contributed by atoms with Crippen molar-refractivity contribution in [3.63, 3.8) is 0 Å². The number of rotatable bonds is 7. The Kier molecular flexibility index (Phi) is 6.67. The summed E-state index contributed by atoms with van der Waals surface area (Å²) in [5.74, 6) is 1.57. The maximum absolute atomic E-state index is 10.7. The summed E-state index contributed by atoms with van der Waals surface area (Å²) >= 11 is 0. The fourth-order valence-corrected chi connectivity index (χ4v) is 4.30. The predicted molar refractivity (Wildman–Crippen MR) is 124 cm³/mol. The van der Waals surface area contributed by atoms with Gasteiger partial charge in [-0.15, -0.1) is 0 Å². The van der Waals surface area contributed by atoms with Crippen molar-refractivity contribution in [1.29, 1.82) is 0 Å². The number of aromatic hydroxyl groups is 1. The summed E-state index contributed by atoms with van der Waals surface area (Å²) in [5.41, 5.74) is 4.24. The number of nitrogens with one attached hydrogen (secondary N) is 1. The molecule has 2 N–H and O–H groups in total. The zero-order valence-corrected chi connectivity index (χ0v) is 19.1. The van der Waals surface area contributed by atoms with Gasteiger partial charge in [-0.1, -0.05) is 12.1 Å². The lowest BCUT2D eigenvalue weighted by Crippen LogP contribution is -2.46. The number of benzene rings is 2. The van der Waals surface area contributed by atoms with E-state index in [0.29, 0.717) is 23.6 Å². The topological polar surface area (TPSA) is 79.8 Å². The second-order valence-corrected chi connectivity index (χ2v) is 8.35. The molecular formula is C25H31N3O4. The van der Waals surface area contributed by atoms with Gasteiger partial charge in [0.2, 0.25) is 0 Å². The highest BCUT2D eigenvalue weighted by Crippen LogP contribution is 2.39. The van der Waals surface area contributed by atoms with Crippen LogP contribution >= 0.6 is 0 Å². The molecule has 2 aromatic carbocycles. The number of nitrogens with zero attached hydrogens (tertiary/aromatic N) is 2. The van der Waals surface area contributed by atoms with Crippen LogP contribution in [-0.4, -0.2) is 65.8 Å². The first kappa shape index (κ1) is 22.2. The van der Waals surface area contributed by atoms with E-state index in [9.17, 15) is 5.11 Å². The zero-order valence-electron chi connectivity index (χ0n) is 19.1. The molecule has 3 aromatic rings. The first-order valence-corrected chi connectivity index (χ1v) is 11.0. The average Bonchev–Trinajstić information content (AvgIpc) is 3.14. The summed E-state index contributed by atoms with van der Waals surface area (Å²) in [6.07, 6.45) is 0.471. The number of ether oxygens (including phenoxy) is 3. The van der Waals surface area contributed by atoms with Crippen molar-refractivity contribution in [1.82, 2.24) is 15.1 Å². The zero-order chi connectivity index (χ0) is 22.7. The number of H-pyrrole nitrogens is 1. The molecule has 0 spiro atoms. The first-order valence-electron chi connectivity index (χ1n) is 11.0. The van der Waals surface area contributed by atoms with Crippen LogP contribution in [0.25, 0.3) is 22.4 Å². The first-order chi connectivity index (χ1) is 15.4. The van der Waals surface area contributed by atoms with Crippen molar-refractivity contribution in [2.75, 3.05) is 33.4 Å². The minimum absolute atomic E-state index is 0.136. The second-order valence-electron chi connectivity index (χ2n) is 8.35. The molecule has 7 nitrogen and oxygen atoms in total. The van der Waals surface area contributed by atoms with Crippen LogP contribution in [0.5, 0.6) is 17.2 Å². The third-order valence-electron chi connectivity index (χ3n) is 5.72. The maximum Gasteiger partial charge on any atom is 0.128 e. The second kappa shape index (κ2) is 9.63. The SMILES string of the molecule is COc1ccc(-c2c(-c3ccc(OCCN4C[C@@H](C)O[C@H](C)C4)cc3O)n[nH]c2C)cc1. The maximum atomic E-state index is 10.7. The molecule has 0 radical (unpaired) electrons. The quantitative estimate of drug-likeness (QED) is 0.575. The molecule has 2 heterocycles. The molecule has 1 aliphatic rings. The molecule has 1 saturated heterocycles. The van der Waals surface area contributed by atoms with Gasteiger partial charge in [0.15, 0.2) is 0 Å². The minimum Gasteiger partial charge on any atom is -0.507 e. The number of aromatic nitrogens is 2. The van der Waals surface area contributed by atoms with Crippen LogP contribution in [-0.2, 0) is 4.74 Å². The minimum atomic E-state index is 0.136. The molecule has 1 aromatic heterocycles. The molecule has 4 rings (SSSR count). The number of morpholine rings is 1. The summed E-state index contributed by atoms with van der Waals surface area (Å²) < 4.78 is 16.9. The van der Waals surface area contributed by atoms with Gasteiger partial charge in [-0.05, 0) is 50.6 Å². The van der Waals surface area contributed by atoms with Gasteiger partial charge in [-0.2, -0.15) is 5.10 Å². The van der Waals surface area contributed by atoms with E-state index in [1.54, 1.807) is 13.2 Å². The van der Waals surface area contributed by atoms with Crippen LogP contribution in [0.2, 0.25) is 0 Å². The number of hydrogen-bond acceptors (Lipinski definition) is 6. The molecule has 1 aliphatic heterocycles. The Hall–Kier alpha value is -3.03. The average molecular weight is 438 g/mol. The lowest BCUT2D eigenvalue weighted by molar-refractivity contribution is -0.0699. The van der Waals surface area contributed by atoms with Gasteiger partial charge < -0.3 is 19.3 Å². The van der Waals surface area contributed by atoms with Crippen molar-refractivity contribution in [3.05, 3.63) is 48.2 Å². The highest BCUT2D eigenvalue weighted by atomic mass is 16.5. The van der Waals surface area contributed by atoms with Gasteiger partial charge in [-0.25, -0.2) is 0 Å². The fourth-order valence-electron chi connectivity index (χ4n) is 4.30. The molecule has 0 saturated carbocycles. The van der Waals surface area contributed by atoms with Crippen LogP contribution in [0.1, 0.15) is 19.5 Å². The Morgan fingerprint density at radius 3 is 2.44 bits per heavy atom. The summed E-state index contributed by atoms with van der Waals surface area (Å²) in [6.45, 7) is 9.35. The Labute approximate surface area is 188 Å². The molecule has 32 heavy (non-hydrogen) atoms. The van der Waals surface area contributed by atoms with Gasteiger partial charge in [0, 0.05) is 42.5 Å². The van der Waals surface area contributed by atoms with E-state index in [1.165, 1.54) is 0 Å². The van der Waals surface area contributed by atoms with Crippen LogP contribution in [0.3, 0.4) is 0 Å². The highest BCUT2D eigenvalue weighted by Gasteiger charge is 2.22. The molecule has 1 fully saturated rings. The van der Waals surface area contributed by atoms with Gasteiger partial charge in [0.05, 0.1) is 19.3 Å². The summed E-state index contributed by atoms with van der Waals surface area (Å²) in [6, 6.07) is 13.2. The van der Waals surface area contributed by atoms with Gasteiger partial charge in [-0.3, -0.25) is 10.00 Å². The van der Waals surface area contributed by atoms with Crippen molar-refractivity contribution < 1.29 is 19.3 Å². The predicted octanol–water partition coefficient (Wildman–Crippen LogP) is 4.25. The number of aryl methyl sites for hydroxylation is 1. The van der Waals surface area contributed by atoms with E-state index in [1.807, 2.05) is 43.3 Å². The lowest BCUT2D eigenvalue weighted by atomic mass is 9.98. The number of methoxy groups -OCH3 is 1. The third-order valence-corrected chi connectivity index (χ3v) is 5.72. The number of hydrogen-bond donors (Lipinski definition) is 2. The molecule has 7 heteroatoms. The summed E-state index contributed by atoms with van der Waals surface area (Å²) in [7, 11) is 1.65. The number of aromatic amines is 1. The largest absolute Gasteiger partial charge is 0.507 e. The van der Waals surface area contributed by atoms with Crippen molar-refractivity contribution >= 4 is 0 Å². The van der Waals surface area contributed by atoms with Crippen molar-refractivity contribution in [3.8, 4) is 39.6 Å². The van der Waals surface area contributed by atoms with E-state index in [-0.39, 0.29) is 18.0 Å². The monoisotopic (exact) mass is 437 g/mol. The van der Waals surface area contributed by atoms with E-state index in [0.717, 1.165) is 42.2 Å². The Bertz CT molecular complexity index is 1040. The number of phenolic OH excluding ortho intramolecular Hbond substituents is 1. The van der Waals surface area contributed by atoms with Crippen LogP contribution in [0.4, 0.5) is 0 Å². The molecule has 170 valence electrons. The third kappa shape index (κ3) is 4.89. The van der Waals surface area contributed by atoms with E-state index in [2.05, 4.69) is 28.9 Å². The highest BCUT2D eigenvalue weighted by molar-refractivity contribution is 5.85. The van der Waals surface area contributed by atoms with E-state index in [4.69, 9.17) is 14.2 Å². The van der Waals surface area contributed by atoms with E-state index >= 15 is 0 Å². The van der Waals surface area contributed by atoms with Crippen molar-refractivity contribution in [2.24, 2.45) is 0 Å². The molecule has 0 aliphatic carbocycles. The van der Waals surface area contributed by atoms with E-state index < -0.39 is 0 Å². The smallest absolute Gasteiger partial charge is 0.128 e. The normalized spacial score (nSPS) is 19.1. The van der Waals surface area contributed by atoms with Gasteiger partial charge >= 0.3 is 0 Å². The molecule has 2 atom stereocenters.